The van der Waals surface area contributed by atoms with E-state index >= 15 is 0 Å². The number of hydrogen-bond acceptors (Lipinski definition) is 6. The fourth-order valence-electron chi connectivity index (χ4n) is 3.75. The van der Waals surface area contributed by atoms with Gasteiger partial charge in [-0.3, -0.25) is 9.59 Å². The van der Waals surface area contributed by atoms with Crippen LogP contribution in [0.1, 0.15) is 36.6 Å². The number of carbonyl (C=O) groups is 2. The summed E-state index contributed by atoms with van der Waals surface area (Å²) in [4.78, 5) is 27.3. The molecule has 1 atom stereocenters. The molecule has 3 rings (SSSR count). The van der Waals surface area contributed by atoms with Crippen LogP contribution >= 0.6 is 0 Å². The van der Waals surface area contributed by atoms with Crippen LogP contribution in [0.5, 0.6) is 5.75 Å². The van der Waals surface area contributed by atoms with Crippen LogP contribution in [0.2, 0.25) is 0 Å². The van der Waals surface area contributed by atoms with Crippen molar-refractivity contribution in [3.05, 3.63) is 70.8 Å². The summed E-state index contributed by atoms with van der Waals surface area (Å²) in [6.45, 7) is 4.78. The molecule has 1 fully saturated rings. The first-order valence-corrected chi connectivity index (χ1v) is 10.8. The number of benzene rings is 2. The lowest BCUT2D eigenvalue weighted by Crippen LogP contribution is -2.33. The van der Waals surface area contributed by atoms with Crippen molar-refractivity contribution in [1.82, 2.24) is 4.90 Å². The summed E-state index contributed by atoms with van der Waals surface area (Å²) >= 11 is 0. The Kier molecular flexibility index (Phi) is 8.03. The highest BCUT2D eigenvalue weighted by atomic mass is 16.5. The highest BCUT2D eigenvalue weighted by molar-refractivity contribution is 6.46. The number of carbonyl (C=O) groups excluding carboxylic acids is 2. The first kappa shape index (κ1) is 23.5. The number of likely N-dealkylation sites (tertiary alicyclic amines) is 1. The Bertz CT molecular complexity index is 965. The second-order valence-corrected chi connectivity index (χ2v) is 7.38. The maximum Gasteiger partial charge on any atom is 0.295 e. The molecule has 1 amide bonds. The number of aliphatic hydroxyl groups is 2. The van der Waals surface area contributed by atoms with E-state index < -0.39 is 17.7 Å². The number of aryl methyl sites for hydroxylation is 1. The van der Waals surface area contributed by atoms with Gasteiger partial charge in [-0.15, -0.1) is 0 Å². The van der Waals surface area contributed by atoms with E-state index in [0.29, 0.717) is 17.9 Å². The molecule has 32 heavy (non-hydrogen) atoms. The van der Waals surface area contributed by atoms with Crippen LogP contribution in [0.3, 0.4) is 0 Å². The van der Waals surface area contributed by atoms with Crippen LogP contribution in [0, 0.1) is 0 Å². The summed E-state index contributed by atoms with van der Waals surface area (Å²) < 4.78 is 10.8. The van der Waals surface area contributed by atoms with Crippen LogP contribution < -0.4 is 4.74 Å². The highest BCUT2D eigenvalue weighted by Crippen LogP contribution is 2.39. The van der Waals surface area contributed by atoms with Crippen LogP contribution in [0.4, 0.5) is 0 Å². The van der Waals surface area contributed by atoms with Gasteiger partial charge >= 0.3 is 0 Å². The van der Waals surface area contributed by atoms with Gasteiger partial charge in [0.15, 0.2) is 0 Å². The molecule has 1 aliphatic rings. The van der Waals surface area contributed by atoms with E-state index in [4.69, 9.17) is 14.6 Å². The molecule has 0 radical (unpaired) electrons. The summed E-state index contributed by atoms with van der Waals surface area (Å²) in [6.07, 6.45) is 0.863. The molecular weight excluding hydrogens is 410 g/mol. The molecule has 0 spiro atoms. The second kappa shape index (κ2) is 10.9. The Labute approximate surface area is 187 Å². The summed E-state index contributed by atoms with van der Waals surface area (Å²) in [6, 6.07) is 13.7. The summed E-state index contributed by atoms with van der Waals surface area (Å²) in [5.74, 6) is -0.996. The Hall–Kier alpha value is -3.16. The number of rotatable bonds is 10. The zero-order chi connectivity index (χ0) is 23.1. The van der Waals surface area contributed by atoms with E-state index in [0.717, 1.165) is 17.5 Å². The SMILES string of the molecule is CCOc1ccc(C(O)=C2C(=O)C(=O)N(CCOCCO)C2c2ccc(CC)cc2)cc1. The summed E-state index contributed by atoms with van der Waals surface area (Å²) in [7, 11) is 0. The molecule has 2 aromatic rings. The van der Waals surface area contributed by atoms with Gasteiger partial charge in [-0.05, 0) is 48.7 Å². The Morgan fingerprint density at radius 1 is 1.00 bits per heavy atom. The number of ketones is 1. The minimum absolute atomic E-state index is 0.0468. The van der Waals surface area contributed by atoms with Gasteiger partial charge in [0.25, 0.3) is 11.7 Å². The standard InChI is InChI=1S/C25H29NO6/c1-3-17-5-7-18(8-6-17)22-21(23(28)19-9-11-20(12-10-19)32-4-2)24(29)25(30)26(22)13-15-31-16-14-27/h5-12,22,27-28H,3-4,13-16H2,1-2H3. The smallest absolute Gasteiger partial charge is 0.295 e. The average Bonchev–Trinajstić information content (AvgIpc) is 3.07. The molecule has 0 aromatic heterocycles. The normalized spacial score (nSPS) is 17.7. The molecule has 1 saturated heterocycles. The first-order valence-electron chi connectivity index (χ1n) is 10.8. The van der Waals surface area contributed by atoms with Crippen LogP contribution in [0.15, 0.2) is 54.1 Å². The Balaban J connectivity index is 2.02. The van der Waals surface area contributed by atoms with E-state index in [1.165, 1.54) is 4.90 Å². The van der Waals surface area contributed by atoms with Gasteiger partial charge in [-0.25, -0.2) is 0 Å². The Morgan fingerprint density at radius 3 is 2.28 bits per heavy atom. The Morgan fingerprint density at radius 2 is 1.69 bits per heavy atom. The van der Waals surface area contributed by atoms with Gasteiger partial charge in [-0.2, -0.15) is 0 Å². The van der Waals surface area contributed by atoms with Crippen molar-refractivity contribution in [2.75, 3.05) is 33.0 Å². The second-order valence-electron chi connectivity index (χ2n) is 7.38. The quantitative estimate of drug-likeness (QED) is 0.256. The van der Waals surface area contributed by atoms with Gasteiger partial charge in [0.1, 0.15) is 11.5 Å². The molecule has 7 heteroatoms. The molecule has 7 nitrogen and oxygen atoms in total. The fourth-order valence-corrected chi connectivity index (χ4v) is 3.75. The number of ether oxygens (including phenoxy) is 2. The third-order valence-electron chi connectivity index (χ3n) is 5.39. The van der Waals surface area contributed by atoms with E-state index in [1.807, 2.05) is 38.1 Å². The molecule has 1 heterocycles. The van der Waals surface area contributed by atoms with Crippen molar-refractivity contribution in [1.29, 1.82) is 0 Å². The number of nitrogens with zero attached hydrogens (tertiary/aromatic N) is 1. The third kappa shape index (κ3) is 5.00. The summed E-state index contributed by atoms with van der Waals surface area (Å²) in [5, 5.41) is 20.0. The zero-order valence-corrected chi connectivity index (χ0v) is 18.4. The van der Waals surface area contributed by atoms with Crippen molar-refractivity contribution < 1.29 is 29.3 Å². The van der Waals surface area contributed by atoms with E-state index in [-0.39, 0.29) is 37.7 Å². The number of Topliss-reactive ketones (excluding diaryl/α,β-unsaturated/α-hetero) is 1. The highest BCUT2D eigenvalue weighted by Gasteiger charge is 2.45. The molecule has 170 valence electrons. The van der Waals surface area contributed by atoms with E-state index in [2.05, 4.69) is 0 Å². The average molecular weight is 440 g/mol. The lowest BCUT2D eigenvalue weighted by Gasteiger charge is -2.25. The van der Waals surface area contributed by atoms with Crippen molar-refractivity contribution >= 4 is 17.4 Å². The van der Waals surface area contributed by atoms with Crippen LogP contribution in [-0.4, -0.2) is 59.8 Å². The van der Waals surface area contributed by atoms with E-state index in [9.17, 15) is 14.7 Å². The predicted molar refractivity (Wildman–Crippen MR) is 120 cm³/mol. The minimum atomic E-state index is -0.733. The lowest BCUT2D eigenvalue weighted by molar-refractivity contribution is -0.140. The number of amides is 1. The molecule has 0 aliphatic carbocycles. The predicted octanol–water partition coefficient (Wildman–Crippen LogP) is 3.08. The summed E-state index contributed by atoms with van der Waals surface area (Å²) in [5.41, 5.74) is 2.34. The van der Waals surface area contributed by atoms with Crippen molar-refractivity contribution in [2.24, 2.45) is 0 Å². The van der Waals surface area contributed by atoms with Crippen LogP contribution in [0.25, 0.3) is 5.76 Å². The molecule has 0 saturated carbocycles. The van der Waals surface area contributed by atoms with Crippen molar-refractivity contribution in [3.8, 4) is 5.75 Å². The third-order valence-corrected chi connectivity index (χ3v) is 5.39. The first-order chi connectivity index (χ1) is 15.5. The van der Waals surface area contributed by atoms with Crippen LogP contribution in [-0.2, 0) is 20.7 Å². The van der Waals surface area contributed by atoms with Gasteiger partial charge in [0, 0.05) is 12.1 Å². The lowest BCUT2D eigenvalue weighted by atomic mass is 9.94. The maximum atomic E-state index is 13.0. The van der Waals surface area contributed by atoms with Gasteiger partial charge in [0.05, 0.1) is 38.0 Å². The molecule has 1 aliphatic heterocycles. The minimum Gasteiger partial charge on any atom is -0.507 e. The van der Waals surface area contributed by atoms with Gasteiger partial charge in [0.2, 0.25) is 0 Å². The zero-order valence-electron chi connectivity index (χ0n) is 18.4. The molecule has 1 unspecified atom stereocenters. The van der Waals surface area contributed by atoms with Gasteiger partial charge in [-0.1, -0.05) is 31.2 Å². The van der Waals surface area contributed by atoms with Gasteiger partial charge < -0.3 is 24.6 Å². The molecule has 0 bridgehead atoms. The number of hydrogen-bond donors (Lipinski definition) is 2. The van der Waals surface area contributed by atoms with Crippen molar-refractivity contribution in [3.63, 3.8) is 0 Å². The molecule has 2 aromatic carbocycles. The number of aliphatic hydroxyl groups excluding tert-OH is 2. The largest absolute Gasteiger partial charge is 0.507 e. The maximum absolute atomic E-state index is 13.0. The topological polar surface area (TPSA) is 96.3 Å². The monoisotopic (exact) mass is 439 g/mol. The molecule has 2 N–H and O–H groups in total. The van der Waals surface area contributed by atoms with E-state index in [1.54, 1.807) is 24.3 Å². The fraction of sp³-hybridized carbons (Fsp3) is 0.360. The van der Waals surface area contributed by atoms with Crippen molar-refractivity contribution in [2.45, 2.75) is 26.3 Å². The molecular formula is C25H29NO6.